The molecule has 0 bridgehead atoms. The lowest BCUT2D eigenvalue weighted by Gasteiger charge is -2.31. The number of aryl methyl sites for hydroxylation is 1. The molecule has 5 nitrogen and oxygen atoms in total. The molecule has 1 fully saturated rings. The summed E-state index contributed by atoms with van der Waals surface area (Å²) in [6.07, 6.45) is 4.62. The molecule has 0 aromatic heterocycles. The topological polar surface area (TPSA) is 78.4 Å². The fourth-order valence-corrected chi connectivity index (χ4v) is 2.64. The summed E-state index contributed by atoms with van der Waals surface area (Å²) >= 11 is 0. The Balaban J connectivity index is 2.11. The first-order valence-corrected chi connectivity index (χ1v) is 6.73. The summed E-state index contributed by atoms with van der Waals surface area (Å²) in [5.74, 6) is 1.12. The smallest absolute Gasteiger partial charge is 0.269 e. The highest BCUT2D eigenvalue weighted by Gasteiger charge is 2.26. The molecule has 1 aromatic rings. The molecule has 1 aromatic carbocycles. The van der Waals surface area contributed by atoms with E-state index in [-0.39, 0.29) is 16.7 Å². The van der Waals surface area contributed by atoms with Crippen LogP contribution in [0, 0.1) is 23.0 Å². The van der Waals surface area contributed by atoms with E-state index in [1.807, 2.05) is 6.92 Å². The van der Waals surface area contributed by atoms with Crippen molar-refractivity contribution in [3.8, 4) is 5.75 Å². The number of nitrogens with two attached hydrogens (primary N) is 1. The summed E-state index contributed by atoms with van der Waals surface area (Å²) in [4.78, 5) is 10.3. The molecule has 0 spiro atoms. The zero-order chi connectivity index (χ0) is 13.8. The minimum atomic E-state index is -0.389. The largest absolute Gasteiger partial charge is 0.490 e. The second kappa shape index (κ2) is 6.02. The number of rotatable bonds is 4. The standard InChI is InChI=1S/C14H20N2O3/c1-10-8-12(16(17)18)6-7-13(10)19-14-5-3-2-4-11(14)9-15/h6-8,11,14H,2-5,9,15H2,1H3. The number of non-ortho nitro benzene ring substituents is 1. The highest BCUT2D eigenvalue weighted by molar-refractivity contribution is 5.43. The van der Waals surface area contributed by atoms with Gasteiger partial charge in [-0.1, -0.05) is 6.42 Å². The van der Waals surface area contributed by atoms with Gasteiger partial charge < -0.3 is 10.5 Å². The number of nitro groups is 1. The SMILES string of the molecule is Cc1cc([N+](=O)[O-])ccc1OC1CCCCC1CN. The van der Waals surface area contributed by atoms with Gasteiger partial charge in [-0.25, -0.2) is 0 Å². The van der Waals surface area contributed by atoms with Gasteiger partial charge in [0.2, 0.25) is 0 Å². The fourth-order valence-electron chi connectivity index (χ4n) is 2.64. The van der Waals surface area contributed by atoms with Crippen LogP contribution in [-0.2, 0) is 0 Å². The van der Waals surface area contributed by atoms with E-state index in [1.54, 1.807) is 12.1 Å². The van der Waals surface area contributed by atoms with Crippen LogP contribution in [0.15, 0.2) is 18.2 Å². The molecule has 0 amide bonds. The maximum Gasteiger partial charge on any atom is 0.269 e. The Hall–Kier alpha value is -1.62. The van der Waals surface area contributed by atoms with Crippen molar-refractivity contribution in [2.75, 3.05) is 6.54 Å². The molecular weight excluding hydrogens is 244 g/mol. The number of nitro benzene ring substituents is 1. The van der Waals surface area contributed by atoms with Gasteiger partial charge >= 0.3 is 0 Å². The van der Waals surface area contributed by atoms with Crippen molar-refractivity contribution in [1.82, 2.24) is 0 Å². The molecule has 1 aliphatic rings. The number of hydrogen-bond donors (Lipinski definition) is 1. The molecule has 2 atom stereocenters. The molecular formula is C14H20N2O3. The number of nitrogens with zero attached hydrogens (tertiary/aromatic N) is 1. The predicted octanol–water partition coefficient (Wildman–Crippen LogP) is 2.80. The molecule has 0 heterocycles. The third-order valence-corrected chi connectivity index (χ3v) is 3.79. The molecule has 1 saturated carbocycles. The minimum Gasteiger partial charge on any atom is -0.490 e. The minimum absolute atomic E-state index is 0.101. The molecule has 1 aliphatic carbocycles. The molecule has 0 saturated heterocycles. The zero-order valence-electron chi connectivity index (χ0n) is 11.2. The molecule has 2 unspecified atom stereocenters. The van der Waals surface area contributed by atoms with E-state index >= 15 is 0 Å². The van der Waals surface area contributed by atoms with E-state index in [0.29, 0.717) is 12.5 Å². The average molecular weight is 264 g/mol. The van der Waals surface area contributed by atoms with Gasteiger partial charge in [-0.15, -0.1) is 0 Å². The van der Waals surface area contributed by atoms with Crippen molar-refractivity contribution < 1.29 is 9.66 Å². The van der Waals surface area contributed by atoms with E-state index in [9.17, 15) is 10.1 Å². The second-order valence-electron chi connectivity index (χ2n) is 5.14. The fraction of sp³-hybridized carbons (Fsp3) is 0.571. The van der Waals surface area contributed by atoms with Crippen molar-refractivity contribution in [3.63, 3.8) is 0 Å². The molecule has 5 heteroatoms. The highest BCUT2D eigenvalue weighted by atomic mass is 16.6. The van der Waals surface area contributed by atoms with E-state index in [4.69, 9.17) is 10.5 Å². The van der Waals surface area contributed by atoms with E-state index in [0.717, 1.165) is 30.6 Å². The van der Waals surface area contributed by atoms with Crippen molar-refractivity contribution in [3.05, 3.63) is 33.9 Å². The van der Waals surface area contributed by atoms with Crippen molar-refractivity contribution in [2.24, 2.45) is 11.7 Å². The Kier molecular flexibility index (Phi) is 4.37. The lowest BCUT2D eigenvalue weighted by Crippen LogP contribution is -2.35. The summed E-state index contributed by atoms with van der Waals surface area (Å²) < 4.78 is 6.02. The first-order chi connectivity index (χ1) is 9.11. The molecule has 2 N–H and O–H groups in total. The third-order valence-electron chi connectivity index (χ3n) is 3.79. The van der Waals surface area contributed by atoms with Gasteiger partial charge in [0.25, 0.3) is 5.69 Å². The first-order valence-electron chi connectivity index (χ1n) is 6.73. The summed E-state index contributed by atoms with van der Waals surface area (Å²) in [6.45, 7) is 2.47. The van der Waals surface area contributed by atoms with Crippen molar-refractivity contribution in [1.29, 1.82) is 0 Å². The van der Waals surface area contributed by atoms with Gasteiger partial charge in [0, 0.05) is 18.1 Å². The quantitative estimate of drug-likeness (QED) is 0.670. The maximum atomic E-state index is 10.7. The summed E-state index contributed by atoms with van der Waals surface area (Å²) in [5.41, 5.74) is 6.68. The lowest BCUT2D eigenvalue weighted by molar-refractivity contribution is -0.384. The van der Waals surface area contributed by atoms with Crippen LogP contribution >= 0.6 is 0 Å². The highest BCUT2D eigenvalue weighted by Crippen LogP contribution is 2.30. The Morgan fingerprint density at radius 3 is 2.79 bits per heavy atom. The van der Waals surface area contributed by atoms with Gasteiger partial charge in [0.15, 0.2) is 0 Å². The second-order valence-corrected chi connectivity index (χ2v) is 5.14. The number of benzene rings is 1. The zero-order valence-corrected chi connectivity index (χ0v) is 11.2. The molecule has 2 rings (SSSR count). The lowest BCUT2D eigenvalue weighted by atomic mass is 9.86. The van der Waals surface area contributed by atoms with E-state index < -0.39 is 0 Å². The Morgan fingerprint density at radius 1 is 1.42 bits per heavy atom. The van der Waals surface area contributed by atoms with Gasteiger partial charge in [-0.2, -0.15) is 0 Å². The molecule has 19 heavy (non-hydrogen) atoms. The molecule has 0 aliphatic heterocycles. The number of hydrogen-bond acceptors (Lipinski definition) is 4. The van der Waals surface area contributed by atoms with Crippen LogP contribution in [0.4, 0.5) is 5.69 Å². The summed E-state index contributed by atoms with van der Waals surface area (Å²) in [5, 5.41) is 10.7. The average Bonchev–Trinajstić information content (AvgIpc) is 2.41. The van der Waals surface area contributed by atoms with Crippen LogP contribution in [0.25, 0.3) is 0 Å². The van der Waals surface area contributed by atoms with Gasteiger partial charge in [-0.05, 0) is 44.4 Å². The van der Waals surface area contributed by atoms with Crippen molar-refractivity contribution >= 4 is 5.69 Å². The van der Waals surface area contributed by atoms with E-state index in [2.05, 4.69) is 0 Å². The third kappa shape index (κ3) is 3.23. The predicted molar refractivity (Wildman–Crippen MR) is 73.3 cm³/mol. The number of ether oxygens (including phenoxy) is 1. The Morgan fingerprint density at radius 2 is 2.16 bits per heavy atom. The molecule has 104 valence electrons. The van der Waals surface area contributed by atoms with Crippen LogP contribution in [0.5, 0.6) is 5.75 Å². The van der Waals surface area contributed by atoms with Gasteiger partial charge in [0.1, 0.15) is 11.9 Å². The van der Waals surface area contributed by atoms with Crippen LogP contribution < -0.4 is 10.5 Å². The van der Waals surface area contributed by atoms with Crippen LogP contribution in [0.3, 0.4) is 0 Å². The summed E-state index contributed by atoms with van der Waals surface area (Å²) in [7, 11) is 0. The monoisotopic (exact) mass is 264 g/mol. The first kappa shape index (κ1) is 13.8. The Labute approximate surface area is 112 Å². The normalized spacial score (nSPS) is 23.1. The van der Waals surface area contributed by atoms with Crippen LogP contribution in [-0.4, -0.2) is 17.6 Å². The van der Waals surface area contributed by atoms with Crippen molar-refractivity contribution in [2.45, 2.75) is 38.7 Å². The van der Waals surface area contributed by atoms with E-state index in [1.165, 1.54) is 12.5 Å². The maximum absolute atomic E-state index is 10.7. The van der Waals surface area contributed by atoms with Gasteiger partial charge in [-0.3, -0.25) is 10.1 Å². The Bertz CT molecular complexity index is 462. The van der Waals surface area contributed by atoms with Gasteiger partial charge in [0.05, 0.1) is 4.92 Å². The molecule has 0 radical (unpaired) electrons. The van der Waals surface area contributed by atoms with Crippen LogP contribution in [0.1, 0.15) is 31.2 Å². The summed E-state index contributed by atoms with van der Waals surface area (Å²) in [6, 6.07) is 4.73. The van der Waals surface area contributed by atoms with Crippen LogP contribution in [0.2, 0.25) is 0 Å².